The van der Waals surface area contributed by atoms with E-state index in [4.69, 9.17) is 0 Å². The minimum atomic E-state index is 0.397. The van der Waals surface area contributed by atoms with Crippen molar-refractivity contribution < 1.29 is 0 Å². The first-order valence-corrected chi connectivity index (χ1v) is 8.82. The van der Waals surface area contributed by atoms with E-state index in [2.05, 4.69) is 49.0 Å². The second-order valence-electron chi connectivity index (χ2n) is 6.41. The summed E-state index contributed by atoms with van der Waals surface area (Å²) in [6, 6.07) is 0. The third-order valence-corrected chi connectivity index (χ3v) is 4.92. The van der Waals surface area contributed by atoms with E-state index in [1.54, 1.807) is 0 Å². The largest absolute Gasteiger partial charge is 0.316 e. The summed E-state index contributed by atoms with van der Waals surface area (Å²) in [6.45, 7) is 13.2. The lowest BCUT2D eigenvalue weighted by atomic mass is 9.92. The lowest BCUT2D eigenvalue weighted by Crippen LogP contribution is -2.41. The molecule has 0 aromatic carbocycles. The van der Waals surface area contributed by atoms with Crippen LogP contribution in [0.15, 0.2) is 0 Å². The summed E-state index contributed by atoms with van der Waals surface area (Å²) in [5, 5.41) is 4.47. The Labute approximate surface area is 118 Å². The van der Waals surface area contributed by atoms with E-state index in [1.165, 1.54) is 45.3 Å². The van der Waals surface area contributed by atoms with E-state index in [9.17, 15) is 0 Å². The summed E-state index contributed by atoms with van der Waals surface area (Å²) in [7, 11) is 0. The second-order valence-corrected chi connectivity index (χ2v) is 7.54. The Hall–Kier alpha value is 0.270. The maximum Gasteiger partial charge on any atom is 0.00569 e. The average molecular weight is 273 g/mol. The Bertz CT molecular complexity index is 219. The molecular weight excluding hydrogens is 240 g/mol. The van der Waals surface area contributed by atoms with E-state index in [-0.39, 0.29) is 0 Å². The Morgan fingerprint density at radius 1 is 1.28 bits per heavy atom. The van der Waals surface area contributed by atoms with Crippen molar-refractivity contribution in [2.75, 3.05) is 39.0 Å². The Kier molecular flexibility index (Phi) is 7.66. The summed E-state index contributed by atoms with van der Waals surface area (Å²) < 4.78 is 0. The average Bonchev–Trinajstić information content (AvgIpc) is 2.54. The van der Waals surface area contributed by atoms with Crippen LogP contribution in [-0.4, -0.2) is 49.1 Å². The van der Waals surface area contributed by atoms with Gasteiger partial charge in [-0.1, -0.05) is 20.8 Å². The first-order valence-electron chi connectivity index (χ1n) is 7.53. The Balaban J connectivity index is 2.31. The van der Waals surface area contributed by atoms with Crippen molar-refractivity contribution in [2.45, 2.75) is 51.7 Å². The van der Waals surface area contributed by atoms with Crippen LogP contribution in [0.3, 0.4) is 0 Å². The van der Waals surface area contributed by atoms with Gasteiger partial charge >= 0.3 is 0 Å². The molecule has 1 unspecified atom stereocenters. The van der Waals surface area contributed by atoms with Crippen molar-refractivity contribution in [3.8, 4) is 0 Å². The highest BCUT2D eigenvalue weighted by atomic mass is 32.2. The van der Waals surface area contributed by atoms with Crippen molar-refractivity contribution >= 4 is 11.8 Å². The molecule has 1 heterocycles. The zero-order valence-corrected chi connectivity index (χ0v) is 13.6. The molecule has 1 aliphatic heterocycles. The molecule has 1 N–H and O–H groups in total. The molecule has 0 aromatic rings. The Morgan fingerprint density at radius 3 is 2.72 bits per heavy atom. The summed E-state index contributed by atoms with van der Waals surface area (Å²) >= 11 is 2.06. The number of hydrogen-bond acceptors (Lipinski definition) is 3. The topological polar surface area (TPSA) is 15.3 Å². The number of likely N-dealkylation sites (tertiary alicyclic amines) is 1. The molecule has 1 fully saturated rings. The quantitative estimate of drug-likeness (QED) is 0.716. The molecule has 2 nitrogen and oxygen atoms in total. The van der Waals surface area contributed by atoms with Gasteiger partial charge in [-0.05, 0) is 57.0 Å². The number of nitrogens with one attached hydrogen (secondary N) is 1. The van der Waals surface area contributed by atoms with Crippen LogP contribution < -0.4 is 5.32 Å². The third-order valence-electron chi connectivity index (χ3n) is 3.78. The lowest BCUT2D eigenvalue weighted by Gasteiger charge is -2.32. The van der Waals surface area contributed by atoms with Gasteiger partial charge in [-0.3, -0.25) is 0 Å². The van der Waals surface area contributed by atoms with E-state index in [0.717, 1.165) is 18.3 Å². The van der Waals surface area contributed by atoms with Crippen LogP contribution in [0.2, 0.25) is 0 Å². The van der Waals surface area contributed by atoms with Crippen molar-refractivity contribution in [1.29, 1.82) is 0 Å². The first-order chi connectivity index (χ1) is 8.57. The van der Waals surface area contributed by atoms with Gasteiger partial charge in [0.15, 0.2) is 0 Å². The maximum atomic E-state index is 3.57. The molecule has 0 aliphatic carbocycles. The molecule has 108 valence electrons. The molecule has 0 aromatic heterocycles. The highest BCUT2D eigenvalue weighted by molar-refractivity contribution is 7.99. The van der Waals surface area contributed by atoms with Gasteiger partial charge in [-0.25, -0.2) is 0 Å². The van der Waals surface area contributed by atoms with Crippen molar-refractivity contribution in [3.05, 3.63) is 0 Å². The molecule has 0 radical (unpaired) electrons. The van der Waals surface area contributed by atoms with Gasteiger partial charge in [0.05, 0.1) is 0 Å². The fourth-order valence-electron chi connectivity index (χ4n) is 2.78. The summed E-state index contributed by atoms with van der Waals surface area (Å²) in [4.78, 5) is 2.68. The molecule has 0 bridgehead atoms. The number of thioether (sulfide) groups is 1. The van der Waals surface area contributed by atoms with Gasteiger partial charge in [-0.2, -0.15) is 11.8 Å². The molecule has 0 spiro atoms. The van der Waals surface area contributed by atoms with Gasteiger partial charge in [-0.15, -0.1) is 0 Å². The smallest absolute Gasteiger partial charge is 0.00569 e. The van der Waals surface area contributed by atoms with E-state index in [0.29, 0.717) is 5.41 Å². The predicted molar refractivity (Wildman–Crippen MR) is 84.5 cm³/mol. The zero-order valence-electron chi connectivity index (χ0n) is 12.8. The van der Waals surface area contributed by atoms with Crippen LogP contribution >= 0.6 is 11.8 Å². The monoisotopic (exact) mass is 272 g/mol. The fourth-order valence-corrected chi connectivity index (χ4v) is 3.53. The molecule has 1 aliphatic rings. The van der Waals surface area contributed by atoms with Crippen molar-refractivity contribution in [2.24, 2.45) is 5.41 Å². The van der Waals surface area contributed by atoms with Crippen LogP contribution in [0.5, 0.6) is 0 Å². The van der Waals surface area contributed by atoms with E-state index >= 15 is 0 Å². The standard InChI is InChI=1S/C15H32N2S/c1-5-9-16-12-15(2,3)13-17-10-6-7-14(18-4)8-11-17/h14,16H,5-13H2,1-4H3. The molecule has 1 rings (SSSR count). The minimum absolute atomic E-state index is 0.397. The van der Waals surface area contributed by atoms with Crippen LogP contribution in [0.1, 0.15) is 46.5 Å². The highest BCUT2D eigenvalue weighted by Crippen LogP contribution is 2.23. The van der Waals surface area contributed by atoms with Crippen LogP contribution in [0.25, 0.3) is 0 Å². The van der Waals surface area contributed by atoms with Crippen LogP contribution in [-0.2, 0) is 0 Å². The number of hydrogen-bond donors (Lipinski definition) is 1. The van der Waals surface area contributed by atoms with Gasteiger partial charge in [0, 0.05) is 18.3 Å². The molecule has 0 saturated carbocycles. The fraction of sp³-hybridized carbons (Fsp3) is 1.00. The van der Waals surface area contributed by atoms with Crippen LogP contribution in [0.4, 0.5) is 0 Å². The lowest BCUT2D eigenvalue weighted by molar-refractivity contribution is 0.179. The maximum absolute atomic E-state index is 3.57. The molecule has 1 saturated heterocycles. The first kappa shape index (κ1) is 16.3. The summed E-state index contributed by atoms with van der Waals surface area (Å²) in [5.74, 6) is 0. The third kappa shape index (κ3) is 6.44. The second kappa shape index (κ2) is 8.44. The predicted octanol–water partition coefficient (Wildman–Crippen LogP) is 3.23. The summed E-state index contributed by atoms with van der Waals surface area (Å²) in [6.07, 6.45) is 7.66. The van der Waals surface area contributed by atoms with Gasteiger partial charge in [0.1, 0.15) is 0 Å². The van der Waals surface area contributed by atoms with Crippen LogP contribution in [0, 0.1) is 5.41 Å². The molecule has 18 heavy (non-hydrogen) atoms. The molecular formula is C15H32N2S. The van der Waals surface area contributed by atoms with E-state index in [1.807, 2.05) is 0 Å². The number of nitrogens with zero attached hydrogens (tertiary/aromatic N) is 1. The molecule has 3 heteroatoms. The highest BCUT2D eigenvalue weighted by Gasteiger charge is 2.23. The molecule has 1 atom stereocenters. The zero-order chi connectivity index (χ0) is 13.4. The SMILES string of the molecule is CCCNCC(C)(C)CN1CCCC(SC)CC1. The van der Waals surface area contributed by atoms with Gasteiger partial charge in [0.25, 0.3) is 0 Å². The minimum Gasteiger partial charge on any atom is -0.316 e. The summed E-state index contributed by atoms with van der Waals surface area (Å²) in [5.41, 5.74) is 0.397. The van der Waals surface area contributed by atoms with Gasteiger partial charge < -0.3 is 10.2 Å². The molecule has 0 amide bonds. The van der Waals surface area contributed by atoms with E-state index < -0.39 is 0 Å². The van der Waals surface area contributed by atoms with Gasteiger partial charge in [0.2, 0.25) is 0 Å². The number of rotatable bonds is 7. The normalized spacial score (nSPS) is 23.0. The van der Waals surface area contributed by atoms with Crippen molar-refractivity contribution in [1.82, 2.24) is 10.2 Å². The van der Waals surface area contributed by atoms with Crippen molar-refractivity contribution in [3.63, 3.8) is 0 Å². The Morgan fingerprint density at radius 2 is 2.06 bits per heavy atom.